The number of nitrogens with one attached hydrogen (secondary N) is 1. The van der Waals surface area contributed by atoms with Crippen molar-refractivity contribution in [1.82, 2.24) is 0 Å². The molecular formula is C25H28F6N2. The molecule has 2 nitrogen and oxygen atoms in total. The Morgan fingerprint density at radius 2 is 1.15 bits per heavy atom. The smallest absolute Gasteiger partial charge is 0.351 e. The number of hydrogen-bond donors (Lipinski definition) is 1. The summed E-state index contributed by atoms with van der Waals surface area (Å²) in [7, 11) is 0. The second kappa shape index (κ2) is 10.9. The average Bonchev–Trinajstić information content (AvgIpc) is 2.76. The lowest BCUT2D eigenvalue weighted by Gasteiger charge is -2.20. The van der Waals surface area contributed by atoms with Gasteiger partial charge < -0.3 is 5.32 Å². The number of benzene rings is 2. The van der Waals surface area contributed by atoms with Gasteiger partial charge in [-0.1, -0.05) is 64.1 Å². The predicted octanol–water partition coefficient (Wildman–Crippen LogP) is 8.13. The molecule has 1 N–H and O–H groups in total. The highest BCUT2D eigenvalue weighted by atomic mass is 19.4. The van der Waals surface area contributed by atoms with Crippen LogP contribution in [0.1, 0.15) is 49.9 Å². The Labute approximate surface area is 190 Å². The third-order valence-electron chi connectivity index (χ3n) is 5.33. The van der Waals surface area contributed by atoms with Crippen molar-refractivity contribution in [3.63, 3.8) is 0 Å². The minimum absolute atomic E-state index is 0.0656. The Kier molecular flexibility index (Phi) is 8.75. The Balaban J connectivity index is 2.74. The number of hydrogen-bond acceptors (Lipinski definition) is 2. The summed E-state index contributed by atoms with van der Waals surface area (Å²) in [4.78, 5) is 3.73. The maximum absolute atomic E-state index is 13.9. The van der Waals surface area contributed by atoms with E-state index in [9.17, 15) is 26.3 Å². The summed E-state index contributed by atoms with van der Waals surface area (Å²) >= 11 is 0. The molecule has 2 aromatic carbocycles. The van der Waals surface area contributed by atoms with E-state index in [0.29, 0.717) is 47.9 Å². The first-order valence-electron chi connectivity index (χ1n) is 10.9. The molecule has 0 aromatic heterocycles. The first-order chi connectivity index (χ1) is 15.5. The van der Waals surface area contributed by atoms with Gasteiger partial charge in [-0.25, -0.2) is 4.99 Å². The molecule has 0 amide bonds. The Morgan fingerprint density at radius 1 is 0.727 bits per heavy atom. The van der Waals surface area contributed by atoms with Gasteiger partial charge in [0.2, 0.25) is 0 Å². The summed E-state index contributed by atoms with van der Waals surface area (Å²) in [6, 6.07) is 9.98. The highest BCUT2D eigenvalue weighted by molar-refractivity contribution is 6.02. The molecule has 0 spiro atoms. The fourth-order valence-electron chi connectivity index (χ4n) is 3.52. The quantitative estimate of drug-likeness (QED) is 0.306. The molecule has 0 fully saturated rings. The third-order valence-corrected chi connectivity index (χ3v) is 5.33. The lowest BCUT2D eigenvalue weighted by molar-refractivity contribution is -0.0904. The van der Waals surface area contributed by atoms with E-state index in [2.05, 4.69) is 10.3 Å². The van der Waals surface area contributed by atoms with Gasteiger partial charge in [-0.3, -0.25) is 0 Å². The molecule has 0 unspecified atom stereocenters. The second-order valence-corrected chi connectivity index (χ2v) is 7.47. The van der Waals surface area contributed by atoms with Crippen molar-refractivity contribution in [2.24, 2.45) is 4.99 Å². The molecule has 0 heterocycles. The van der Waals surface area contributed by atoms with Gasteiger partial charge >= 0.3 is 12.4 Å². The molecule has 33 heavy (non-hydrogen) atoms. The van der Waals surface area contributed by atoms with E-state index in [0.717, 1.165) is 0 Å². The molecule has 0 bridgehead atoms. The number of anilines is 1. The first-order valence-corrected chi connectivity index (χ1v) is 10.9. The van der Waals surface area contributed by atoms with Gasteiger partial charge in [0.15, 0.2) is 0 Å². The highest BCUT2D eigenvalue weighted by Gasteiger charge is 2.40. The molecule has 0 radical (unpaired) electrons. The molecular weight excluding hydrogens is 442 g/mol. The van der Waals surface area contributed by atoms with Crippen LogP contribution < -0.4 is 5.32 Å². The standard InChI is InChI=1S/C25H28F6N2/c1-5-16-11-9-12-17(6-2)22(16)32-20(24(26,27)28)15-21(25(29,30)31)33-23-18(7-3)13-10-14-19(23)8-4/h9-15,32H,5-8H2,1-4H3/b20-15-,33-21?. The fourth-order valence-corrected chi connectivity index (χ4v) is 3.52. The molecule has 180 valence electrons. The lowest BCUT2D eigenvalue weighted by Crippen LogP contribution is -2.27. The van der Waals surface area contributed by atoms with Crippen LogP contribution in [0.4, 0.5) is 37.7 Å². The number of para-hydroxylation sites is 2. The van der Waals surface area contributed by atoms with E-state index in [4.69, 9.17) is 0 Å². The number of aryl methyl sites for hydroxylation is 4. The largest absolute Gasteiger partial charge is 0.433 e. The molecule has 0 aliphatic rings. The normalized spacial score (nSPS) is 13.4. The molecule has 0 aliphatic carbocycles. The van der Waals surface area contributed by atoms with Crippen LogP contribution in [0.3, 0.4) is 0 Å². The van der Waals surface area contributed by atoms with Crippen LogP contribution in [0, 0.1) is 0 Å². The monoisotopic (exact) mass is 470 g/mol. The number of alkyl halides is 6. The summed E-state index contributed by atoms with van der Waals surface area (Å²) in [5.41, 5.74) is -0.636. The van der Waals surface area contributed by atoms with E-state index in [1.165, 1.54) is 0 Å². The molecule has 2 aromatic rings. The summed E-state index contributed by atoms with van der Waals surface area (Å²) in [6.45, 7) is 7.06. The minimum atomic E-state index is -5.08. The SMILES string of the molecule is CCc1cccc(CC)c1N=C(/C=C(\Nc1c(CC)cccc1CC)C(F)(F)F)C(F)(F)F. The zero-order chi connectivity index (χ0) is 24.8. The van der Waals surface area contributed by atoms with E-state index < -0.39 is 23.8 Å². The first kappa shape index (κ1) is 26.5. The number of nitrogens with zero attached hydrogens (tertiary/aromatic N) is 1. The van der Waals surface area contributed by atoms with Gasteiger partial charge in [0.25, 0.3) is 0 Å². The van der Waals surface area contributed by atoms with Crippen molar-refractivity contribution in [1.29, 1.82) is 0 Å². The number of aliphatic imine (C=N–C) groups is 1. The van der Waals surface area contributed by atoms with Gasteiger partial charge in [0, 0.05) is 5.69 Å². The van der Waals surface area contributed by atoms with Gasteiger partial charge in [0.1, 0.15) is 11.4 Å². The van der Waals surface area contributed by atoms with E-state index in [-0.39, 0.29) is 17.5 Å². The molecule has 0 saturated heterocycles. The van der Waals surface area contributed by atoms with Crippen LogP contribution in [-0.4, -0.2) is 18.1 Å². The number of halogens is 6. The molecule has 0 atom stereocenters. The third kappa shape index (κ3) is 6.62. The highest BCUT2D eigenvalue weighted by Crippen LogP contribution is 2.34. The summed E-state index contributed by atoms with van der Waals surface area (Å²) in [5.74, 6) is 0. The van der Waals surface area contributed by atoms with Crippen LogP contribution in [0.2, 0.25) is 0 Å². The van der Waals surface area contributed by atoms with Crippen molar-refractivity contribution in [2.75, 3.05) is 5.32 Å². The second-order valence-electron chi connectivity index (χ2n) is 7.47. The summed E-state index contributed by atoms with van der Waals surface area (Å²) in [5, 5.41) is 2.26. The fraction of sp³-hybridized carbons (Fsp3) is 0.400. The molecule has 0 aliphatic heterocycles. The predicted molar refractivity (Wildman–Crippen MR) is 121 cm³/mol. The van der Waals surface area contributed by atoms with E-state index >= 15 is 0 Å². The van der Waals surface area contributed by atoms with Gasteiger partial charge in [0.05, 0.1) is 5.69 Å². The maximum Gasteiger partial charge on any atom is 0.433 e. The van der Waals surface area contributed by atoms with Gasteiger partial charge in [-0.15, -0.1) is 0 Å². The summed E-state index contributed by atoms with van der Waals surface area (Å²) in [6.07, 6.45) is -8.42. The van der Waals surface area contributed by atoms with Crippen LogP contribution in [0.15, 0.2) is 53.2 Å². The Hall–Kier alpha value is -2.77. The van der Waals surface area contributed by atoms with Crippen LogP contribution >= 0.6 is 0 Å². The van der Waals surface area contributed by atoms with Crippen molar-refractivity contribution < 1.29 is 26.3 Å². The lowest BCUT2D eigenvalue weighted by atomic mass is 10.0. The number of rotatable bonds is 8. The van der Waals surface area contributed by atoms with Crippen molar-refractivity contribution in [3.8, 4) is 0 Å². The Bertz CT molecular complexity index is 972. The zero-order valence-corrected chi connectivity index (χ0v) is 19.1. The topological polar surface area (TPSA) is 24.4 Å². The minimum Gasteiger partial charge on any atom is -0.351 e. The zero-order valence-electron chi connectivity index (χ0n) is 19.1. The Morgan fingerprint density at radius 3 is 1.52 bits per heavy atom. The van der Waals surface area contributed by atoms with E-state index in [1.54, 1.807) is 64.1 Å². The van der Waals surface area contributed by atoms with E-state index in [1.807, 2.05) is 0 Å². The molecule has 0 saturated carbocycles. The summed E-state index contributed by atoms with van der Waals surface area (Å²) < 4.78 is 83.4. The molecule has 2 rings (SSSR count). The molecule has 8 heteroatoms. The maximum atomic E-state index is 13.9. The van der Waals surface area contributed by atoms with Crippen LogP contribution in [0.25, 0.3) is 0 Å². The number of allylic oxidation sites excluding steroid dienone is 2. The van der Waals surface area contributed by atoms with Gasteiger partial charge in [-0.05, 0) is 54.0 Å². The van der Waals surface area contributed by atoms with Crippen LogP contribution in [-0.2, 0) is 25.7 Å². The van der Waals surface area contributed by atoms with Gasteiger partial charge in [-0.2, -0.15) is 26.3 Å². The van der Waals surface area contributed by atoms with Crippen molar-refractivity contribution >= 4 is 17.1 Å². The van der Waals surface area contributed by atoms with Crippen LogP contribution in [0.5, 0.6) is 0 Å². The van der Waals surface area contributed by atoms with Crippen molar-refractivity contribution in [2.45, 2.75) is 65.7 Å². The van der Waals surface area contributed by atoms with Crippen molar-refractivity contribution in [3.05, 3.63) is 70.4 Å². The average molecular weight is 471 g/mol.